The van der Waals surface area contributed by atoms with E-state index in [1.54, 1.807) is 0 Å². The van der Waals surface area contributed by atoms with E-state index < -0.39 is 0 Å². The van der Waals surface area contributed by atoms with Crippen molar-refractivity contribution in [2.75, 3.05) is 13.1 Å². The van der Waals surface area contributed by atoms with E-state index in [4.69, 9.17) is 0 Å². The lowest BCUT2D eigenvalue weighted by Gasteiger charge is -2.36. The van der Waals surface area contributed by atoms with E-state index in [9.17, 15) is 4.79 Å². The largest absolute Gasteiger partial charge is 0.321 e. The molecule has 170 valence electrons. The minimum Gasteiger partial charge on any atom is -0.321 e. The van der Waals surface area contributed by atoms with Gasteiger partial charge < -0.3 is 4.98 Å². The summed E-state index contributed by atoms with van der Waals surface area (Å²) in [6, 6.07) is 16.1. The molecule has 1 fully saturated rings. The third-order valence-electron chi connectivity index (χ3n) is 6.91. The second-order valence-electron chi connectivity index (χ2n) is 9.35. The molecular weight excluding hydrogens is 412 g/mol. The first-order chi connectivity index (χ1) is 16.0. The van der Waals surface area contributed by atoms with Crippen LogP contribution in [-0.2, 0) is 6.54 Å². The molecule has 1 N–H and O–H groups in total. The molecule has 0 unspecified atom stereocenters. The molecule has 1 aliphatic heterocycles. The Morgan fingerprint density at radius 2 is 1.97 bits per heavy atom. The number of aryl methyl sites for hydroxylation is 2. The molecule has 1 aliphatic rings. The first kappa shape index (κ1) is 21.5. The van der Waals surface area contributed by atoms with Crippen molar-refractivity contribution in [3.8, 4) is 0 Å². The number of aromatic nitrogens is 5. The smallest absolute Gasteiger partial charge is 0.253 e. The van der Waals surface area contributed by atoms with Crippen molar-refractivity contribution >= 4 is 10.9 Å². The lowest BCUT2D eigenvalue weighted by molar-refractivity contribution is 0.141. The van der Waals surface area contributed by atoms with Crippen molar-refractivity contribution in [1.29, 1.82) is 0 Å². The standard InChI is InChI=1S/C26H30N6O/c1-17-8-7-13-31(15-17)24(25-28-29-30-32(25)16-20-9-5-4-6-10-20)22-14-21-12-11-18(2)19(3)23(21)27-26(22)33/h4-6,9-12,14,17,24H,7-8,13,15-16H2,1-3H3,(H,27,33)/t17-,24-/m1/s1. The Bertz CT molecular complexity index is 1330. The molecule has 7 heteroatoms. The highest BCUT2D eigenvalue weighted by molar-refractivity contribution is 5.83. The molecule has 4 aromatic rings. The Kier molecular flexibility index (Phi) is 5.81. The number of hydrogen-bond donors (Lipinski definition) is 1. The predicted molar refractivity (Wildman–Crippen MR) is 129 cm³/mol. The van der Waals surface area contributed by atoms with Crippen LogP contribution in [0.5, 0.6) is 0 Å². The lowest BCUT2D eigenvalue weighted by Crippen LogP contribution is -2.41. The van der Waals surface area contributed by atoms with Crippen LogP contribution in [0.1, 0.15) is 53.9 Å². The van der Waals surface area contributed by atoms with Gasteiger partial charge in [0, 0.05) is 12.1 Å². The van der Waals surface area contributed by atoms with Gasteiger partial charge in [-0.1, -0.05) is 49.4 Å². The van der Waals surface area contributed by atoms with Gasteiger partial charge >= 0.3 is 0 Å². The Hall–Kier alpha value is -3.32. The number of nitrogens with one attached hydrogen (secondary N) is 1. The molecular formula is C26H30N6O. The number of piperidine rings is 1. The monoisotopic (exact) mass is 442 g/mol. The number of aromatic amines is 1. The summed E-state index contributed by atoms with van der Waals surface area (Å²) in [7, 11) is 0. The van der Waals surface area contributed by atoms with Gasteiger partial charge in [0.05, 0.1) is 12.1 Å². The van der Waals surface area contributed by atoms with Gasteiger partial charge in [-0.25, -0.2) is 4.68 Å². The summed E-state index contributed by atoms with van der Waals surface area (Å²) in [4.78, 5) is 19.0. The van der Waals surface area contributed by atoms with E-state index >= 15 is 0 Å². The van der Waals surface area contributed by atoms with Gasteiger partial charge in [0.1, 0.15) is 6.04 Å². The van der Waals surface area contributed by atoms with Gasteiger partial charge in [-0.3, -0.25) is 9.69 Å². The molecule has 0 amide bonds. The van der Waals surface area contributed by atoms with Gasteiger partial charge in [-0.2, -0.15) is 0 Å². The molecule has 5 rings (SSSR count). The number of likely N-dealkylation sites (tertiary alicyclic amines) is 1. The minimum atomic E-state index is -0.304. The highest BCUT2D eigenvalue weighted by Crippen LogP contribution is 2.31. The highest BCUT2D eigenvalue weighted by atomic mass is 16.1. The first-order valence-corrected chi connectivity index (χ1v) is 11.7. The van der Waals surface area contributed by atoms with Gasteiger partial charge in [-0.05, 0) is 77.7 Å². The number of nitrogens with zero attached hydrogens (tertiary/aromatic N) is 5. The number of fused-ring (bicyclic) bond motifs is 1. The van der Waals surface area contributed by atoms with Crippen LogP contribution in [-0.4, -0.2) is 43.2 Å². The average molecular weight is 443 g/mol. The third kappa shape index (κ3) is 4.20. The number of tetrazole rings is 1. The van der Waals surface area contributed by atoms with E-state index in [-0.39, 0.29) is 11.6 Å². The molecule has 2 aromatic carbocycles. The SMILES string of the molecule is Cc1ccc2cc([C@H](c3nnnn3Cc3ccccc3)N3CCC[C@@H](C)C3)c(=O)[nH]c2c1C. The molecule has 2 atom stereocenters. The summed E-state index contributed by atoms with van der Waals surface area (Å²) in [5.74, 6) is 1.27. The van der Waals surface area contributed by atoms with Crippen molar-refractivity contribution in [2.45, 2.75) is 46.2 Å². The summed E-state index contributed by atoms with van der Waals surface area (Å²) in [5.41, 5.74) is 4.92. The van der Waals surface area contributed by atoms with Crippen LogP contribution in [0.15, 0.2) is 53.3 Å². The van der Waals surface area contributed by atoms with Crippen LogP contribution in [0.3, 0.4) is 0 Å². The molecule has 0 spiro atoms. The van der Waals surface area contributed by atoms with Gasteiger partial charge in [0.25, 0.3) is 5.56 Å². The van der Waals surface area contributed by atoms with E-state index in [2.05, 4.69) is 70.4 Å². The maximum atomic E-state index is 13.5. The van der Waals surface area contributed by atoms with Crippen LogP contribution in [0.2, 0.25) is 0 Å². The summed E-state index contributed by atoms with van der Waals surface area (Å²) >= 11 is 0. The van der Waals surface area contributed by atoms with E-state index in [1.807, 2.05) is 28.9 Å². The average Bonchev–Trinajstić information content (AvgIpc) is 3.26. The highest BCUT2D eigenvalue weighted by Gasteiger charge is 2.32. The van der Waals surface area contributed by atoms with Crippen LogP contribution in [0.4, 0.5) is 0 Å². The third-order valence-corrected chi connectivity index (χ3v) is 6.91. The number of benzene rings is 2. The van der Waals surface area contributed by atoms with E-state index in [1.165, 1.54) is 12.0 Å². The maximum Gasteiger partial charge on any atom is 0.253 e. The molecule has 1 saturated heterocycles. The Labute approximate surface area is 193 Å². The van der Waals surface area contributed by atoms with Crippen LogP contribution < -0.4 is 5.56 Å². The lowest BCUT2D eigenvalue weighted by atomic mass is 9.95. The molecule has 3 heterocycles. The number of H-pyrrole nitrogens is 1. The van der Waals surface area contributed by atoms with Crippen LogP contribution in [0, 0.1) is 19.8 Å². The number of hydrogen-bond acceptors (Lipinski definition) is 5. The molecule has 0 saturated carbocycles. The van der Waals surface area contributed by atoms with Crippen molar-refractivity contribution < 1.29 is 0 Å². The minimum absolute atomic E-state index is 0.0753. The summed E-state index contributed by atoms with van der Waals surface area (Å²) in [5, 5.41) is 13.8. The maximum absolute atomic E-state index is 13.5. The topological polar surface area (TPSA) is 79.7 Å². The summed E-state index contributed by atoms with van der Waals surface area (Å²) < 4.78 is 1.84. The Morgan fingerprint density at radius 1 is 1.15 bits per heavy atom. The van der Waals surface area contributed by atoms with Crippen molar-refractivity contribution in [3.63, 3.8) is 0 Å². The Morgan fingerprint density at radius 3 is 2.76 bits per heavy atom. The fourth-order valence-electron chi connectivity index (χ4n) is 4.98. The van der Waals surface area contributed by atoms with Crippen LogP contribution in [0.25, 0.3) is 10.9 Å². The molecule has 0 aliphatic carbocycles. The van der Waals surface area contributed by atoms with Gasteiger partial charge in [-0.15, -0.1) is 5.10 Å². The fourth-order valence-corrected chi connectivity index (χ4v) is 4.98. The molecule has 0 radical (unpaired) electrons. The zero-order chi connectivity index (χ0) is 22.9. The van der Waals surface area contributed by atoms with E-state index in [0.717, 1.165) is 41.5 Å². The van der Waals surface area contributed by atoms with E-state index in [0.29, 0.717) is 23.9 Å². The second-order valence-corrected chi connectivity index (χ2v) is 9.35. The number of rotatable bonds is 5. The fraction of sp³-hybridized carbons (Fsp3) is 0.385. The van der Waals surface area contributed by atoms with Gasteiger partial charge in [0.15, 0.2) is 5.82 Å². The molecule has 2 aromatic heterocycles. The van der Waals surface area contributed by atoms with Crippen molar-refractivity contribution in [3.05, 3.63) is 87.0 Å². The summed E-state index contributed by atoms with van der Waals surface area (Å²) in [6.45, 7) is 8.78. The first-order valence-electron chi connectivity index (χ1n) is 11.7. The normalized spacial score (nSPS) is 18.0. The quantitative estimate of drug-likeness (QED) is 0.505. The number of pyridine rings is 1. The molecule has 7 nitrogen and oxygen atoms in total. The van der Waals surface area contributed by atoms with Gasteiger partial charge in [0.2, 0.25) is 0 Å². The predicted octanol–water partition coefficient (Wildman–Crippen LogP) is 4.00. The summed E-state index contributed by atoms with van der Waals surface area (Å²) in [6.07, 6.45) is 2.30. The second kappa shape index (κ2) is 8.90. The van der Waals surface area contributed by atoms with Crippen LogP contribution >= 0.6 is 0 Å². The Balaban J connectivity index is 1.64. The zero-order valence-corrected chi connectivity index (χ0v) is 19.5. The van der Waals surface area contributed by atoms with Crippen molar-refractivity contribution in [2.24, 2.45) is 5.92 Å². The van der Waals surface area contributed by atoms with Crippen molar-refractivity contribution in [1.82, 2.24) is 30.1 Å². The zero-order valence-electron chi connectivity index (χ0n) is 19.5. The molecule has 33 heavy (non-hydrogen) atoms. The molecule has 0 bridgehead atoms.